The van der Waals surface area contributed by atoms with Crippen LogP contribution in [0.4, 0.5) is 0 Å². The van der Waals surface area contributed by atoms with Crippen molar-refractivity contribution < 1.29 is 22.1 Å². The van der Waals surface area contributed by atoms with E-state index in [0.29, 0.717) is 0 Å². The predicted molar refractivity (Wildman–Crippen MR) is 57.1 cm³/mol. The summed E-state index contributed by atoms with van der Waals surface area (Å²) in [7, 11) is -3.93. The molecule has 1 rings (SSSR count). The third-order valence-electron chi connectivity index (χ3n) is 1.48. The lowest BCUT2D eigenvalue weighted by atomic mass is 10.3. The highest BCUT2D eigenvalue weighted by Gasteiger charge is 2.14. The summed E-state index contributed by atoms with van der Waals surface area (Å²) in [6, 6.07) is 7.93. The quantitative estimate of drug-likeness (QED) is 0.439. The molecule has 0 N–H and O–H groups in total. The van der Waals surface area contributed by atoms with Crippen molar-refractivity contribution in [2.75, 3.05) is 5.94 Å². The van der Waals surface area contributed by atoms with Crippen molar-refractivity contribution in [3.8, 4) is 5.75 Å². The summed E-state index contributed by atoms with van der Waals surface area (Å²) in [5, 5.41) is 0. The van der Waals surface area contributed by atoms with Crippen LogP contribution in [-0.2, 0) is 19.6 Å². The Morgan fingerprint density at radius 3 is 2.50 bits per heavy atom. The average Bonchev–Trinajstić information content (AvgIpc) is 2.27. The molecule has 0 unspecified atom stereocenters. The smallest absolute Gasteiger partial charge is 0.345 e. The van der Waals surface area contributed by atoms with Gasteiger partial charge in [0, 0.05) is 6.08 Å². The summed E-state index contributed by atoms with van der Waals surface area (Å²) in [4.78, 5) is 10.7. The van der Waals surface area contributed by atoms with Gasteiger partial charge in [0.05, 0.1) is 0 Å². The topological polar surface area (TPSA) is 69.7 Å². The largest absolute Gasteiger partial charge is 0.442 e. The van der Waals surface area contributed by atoms with E-state index in [1.807, 2.05) is 0 Å². The molecule has 0 aromatic heterocycles. The molecule has 6 heteroatoms. The van der Waals surface area contributed by atoms with Gasteiger partial charge in [-0.05, 0) is 12.1 Å². The van der Waals surface area contributed by atoms with Crippen LogP contribution in [0, 0.1) is 0 Å². The van der Waals surface area contributed by atoms with E-state index in [-0.39, 0.29) is 5.75 Å². The SMILES string of the molecule is C=CC(=O)OCS(=O)(=O)Oc1ccccc1. The Morgan fingerprint density at radius 2 is 1.94 bits per heavy atom. The van der Waals surface area contributed by atoms with Gasteiger partial charge in [-0.1, -0.05) is 24.8 Å². The summed E-state index contributed by atoms with van der Waals surface area (Å²) >= 11 is 0. The highest BCUT2D eigenvalue weighted by Crippen LogP contribution is 2.11. The molecule has 1 aromatic carbocycles. The monoisotopic (exact) mass is 242 g/mol. The first-order valence-corrected chi connectivity index (χ1v) is 5.87. The lowest BCUT2D eigenvalue weighted by Gasteiger charge is -2.06. The first-order valence-electron chi connectivity index (χ1n) is 4.30. The van der Waals surface area contributed by atoms with Crippen molar-refractivity contribution in [1.29, 1.82) is 0 Å². The zero-order chi connectivity index (χ0) is 12.0. The predicted octanol–water partition coefficient (Wildman–Crippen LogP) is 1.08. The van der Waals surface area contributed by atoms with Crippen LogP contribution in [0.2, 0.25) is 0 Å². The number of hydrogen-bond donors (Lipinski definition) is 0. The maximum atomic E-state index is 11.3. The van der Waals surface area contributed by atoms with Gasteiger partial charge in [-0.3, -0.25) is 0 Å². The Labute approximate surface area is 93.4 Å². The Morgan fingerprint density at radius 1 is 1.31 bits per heavy atom. The molecule has 0 saturated heterocycles. The summed E-state index contributed by atoms with van der Waals surface area (Å²) in [5.74, 6) is -1.50. The van der Waals surface area contributed by atoms with Gasteiger partial charge < -0.3 is 8.92 Å². The Hall–Kier alpha value is -1.82. The molecule has 0 radical (unpaired) electrons. The van der Waals surface area contributed by atoms with Crippen LogP contribution in [-0.4, -0.2) is 20.3 Å². The Bertz CT molecular complexity index is 463. The van der Waals surface area contributed by atoms with Crippen molar-refractivity contribution in [2.24, 2.45) is 0 Å². The van der Waals surface area contributed by atoms with Crippen molar-refractivity contribution in [2.45, 2.75) is 0 Å². The number of hydrogen-bond acceptors (Lipinski definition) is 5. The van der Waals surface area contributed by atoms with Crippen LogP contribution in [0.3, 0.4) is 0 Å². The van der Waals surface area contributed by atoms with Crippen LogP contribution in [0.15, 0.2) is 43.0 Å². The number of para-hydroxylation sites is 1. The number of carbonyl (C=O) groups is 1. The first kappa shape index (κ1) is 12.3. The number of esters is 1. The van der Waals surface area contributed by atoms with E-state index in [1.54, 1.807) is 18.2 Å². The lowest BCUT2D eigenvalue weighted by Crippen LogP contribution is -2.18. The van der Waals surface area contributed by atoms with E-state index < -0.39 is 22.0 Å². The van der Waals surface area contributed by atoms with Crippen LogP contribution in [0.1, 0.15) is 0 Å². The van der Waals surface area contributed by atoms with Gasteiger partial charge in [-0.25, -0.2) is 4.79 Å². The van der Waals surface area contributed by atoms with Crippen molar-refractivity contribution in [3.05, 3.63) is 43.0 Å². The third-order valence-corrected chi connectivity index (χ3v) is 2.33. The second kappa shape index (κ2) is 5.32. The van der Waals surface area contributed by atoms with E-state index in [2.05, 4.69) is 15.5 Å². The van der Waals surface area contributed by atoms with Crippen molar-refractivity contribution in [3.63, 3.8) is 0 Å². The van der Waals surface area contributed by atoms with E-state index in [0.717, 1.165) is 6.08 Å². The maximum Gasteiger partial charge on any atom is 0.345 e. The molecule has 0 aliphatic carbocycles. The highest BCUT2D eigenvalue weighted by atomic mass is 32.2. The fourth-order valence-electron chi connectivity index (χ4n) is 0.836. The normalized spacial score (nSPS) is 10.5. The molecular weight excluding hydrogens is 232 g/mol. The minimum absolute atomic E-state index is 0.164. The number of benzene rings is 1. The zero-order valence-corrected chi connectivity index (χ0v) is 9.14. The molecule has 0 atom stereocenters. The molecule has 0 amide bonds. The summed E-state index contributed by atoms with van der Waals surface area (Å²) in [6.07, 6.45) is 0.873. The molecule has 0 spiro atoms. The van der Waals surface area contributed by atoms with Crippen LogP contribution in [0.5, 0.6) is 5.75 Å². The second-order valence-corrected chi connectivity index (χ2v) is 4.26. The molecule has 0 heterocycles. The summed E-state index contributed by atoms with van der Waals surface area (Å²) in [6.45, 7) is 3.14. The molecule has 0 saturated carbocycles. The standard InChI is InChI=1S/C10H10O5S/c1-2-10(11)14-8-16(12,13)15-9-6-4-3-5-7-9/h2-7H,1,8H2. The average molecular weight is 242 g/mol. The summed E-state index contributed by atoms with van der Waals surface area (Å²) in [5.41, 5.74) is 0. The van der Waals surface area contributed by atoms with Crippen LogP contribution in [0.25, 0.3) is 0 Å². The fraction of sp³-hybridized carbons (Fsp3) is 0.100. The number of rotatable bonds is 5. The van der Waals surface area contributed by atoms with Gasteiger partial charge in [0.1, 0.15) is 5.75 Å². The number of carbonyl (C=O) groups excluding carboxylic acids is 1. The number of ether oxygens (including phenoxy) is 1. The first-order chi connectivity index (χ1) is 7.53. The molecule has 1 aromatic rings. The minimum atomic E-state index is -3.93. The van der Waals surface area contributed by atoms with Crippen molar-refractivity contribution in [1.82, 2.24) is 0 Å². The van der Waals surface area contributed by atoms with E-state index in [9.17, 15) is 13.2 Å². The van der Waals surface area contributed by atoms with Crippen molar-refractivity contribution >= 4 is 16.1 Å². The molecule has 16 heavy (non-hydrogen) atoms. The molecule has 0 bridgehead atoms. The Balaban J connectivity index is 2.59. The van der Waals surface area contributed by atoms with Gasteiger partial charge >= 0.3 is 16.1 Å². The fourth-order valence-corrected chi connectivity index (χ4v) is 1.55. The molecular formula is C10H10O5S. The highest BCUT2D eigenvalue weighted by molar-refractivity contribution is 7.86. The van der Waals surface area contributed by atoms with E-state index in [4.69, 9.17) is 0 Å². The van der Waals surface area contributed by atoms with Gasteiger partial charge in [-0.2, -0.15) is 8.42 Å². The zero-order valence-electron chi connectivity index (χ0n) is 8.33. The maximum absolute atomic E-state index is 11.3. The Kier molecular flexibility index (Phi) is 4.07. The second-order valence-electron chi connectivity index (χ2n) is 2.74. The van der Waals surface area contributed by atoms with Gasteiger partial charge in [0.25, 0.3) is 0 Å². The molecule has 0 aliphatic rings. The molecule has 5 nitrogen and oxygen atoms in total. The molecule has 86 valence electrons. The van der Waals surface area contributed by atoms with Crippen LogP contribution >= 0.6 is 0 Å². The molecule has 0 aliphatic heterocycles. The van der Waals surface area contributed by atoms with Gasteiger partial charge in [-0.15, -0.1) is 0 Å². The van der Waals surface area contributed by atoms with E-state index >= 15 is 0 Å². The molecule has 0 fully saturated rings. The van der Waals surface area contributed by atoms with E-state index in [1.165, 1.54) is 12.1 Å². The minimum Gasteiger partial charge on any atom is -0.442 e. The third kappa shape index (κ3) is 4.14. The summed E-state index contributed by atoms with van der Waals surface area (Å²) < 4.78 is 31.6. The van der Waals surface area contributed by atoms with Gasteiger partial charge in [0.2, 0.25) is 5.94 Å². The lowest BCUT2D eigenvalue weighted by molar-refractivity contribution is -0.135. The van der Waals surface area contributed by atoms with Gasteiger partial charge in [0.15, 0.2) is 0 Å². The van der Waals surface area contributed by atoms with Crippen LogP contribution < -0.4 is 4.18 Å².